The third kappa shape index (κ3) is 4.76. The van der Waals surface area contributed by atoms with Gasteiger partial charge in [-0.3, -0.25) is 0 Å². The molecule has 1 N–H and O–H groups in total. The average Bonchev–Trinajstić information content (AvgIpc) is 2.81. The first-order chi connectivity index (χ1) is 13.0. The lowest BCUT2D eigenvalue weighted by Gasteiger charge is -2.50. The van der Waals surface area contributed by atoms with Crippen LogP contribution in [0.15, 0.2) is 30.3 Å². The Balaban J connectivity index is 1.59. The zero-order chi connectivity index (χ0) is 20.6. The smallest absolute Gasteiger partial charge is 0.410 e. The van der Waals surface area contributed by atoms with Gasteiger partial charge in [-0.05, 0) is 26.3 Å². The number of nitrogens with zero attached hydrogens (tertiary/aromatic N) is 1. The Morgan fingerprint density at radius 1 is 1.21 bits per heavy atom. The molecule has 2 amide bonds. The van der Waals surface area contributed by atoms with Crippen molar-refractivity contribution < 1.29 is 27.5 Å². The van der Waals surface area contributed by atoms with Crippen LogP contribution in [0.3, 0.4) is 0 Å². The number of hydrogen-bond acceptors (Lipinski definition) is 6. The molecule has 1 aromatic carbocycles. The zero-order valence-corrected chi connectivity index (χ0v) is 17.1. The number of carbonyl (C=O) groups excluding carboxylic acids is 2. The van der Waals surface area contributed by atoms with Crippen molar-refractivity contribution in [2.45, 2.75) is 39.0 Å². The van der Waals surface area contributed by atoms with Crippen molar-refractivity contribution in [3.05, 3.63) is 35.9 Å². The lowest BCUT2D eigenvalue weighted by atomic mass is 9.76. The second-order valence-corrected chi connectivity index (χ2v) is 10.6. The van der Waals surface area contributed by atoms with Crippen molar-refractivity contribution in [3.63, 3.8) is 0 Å². The summed E-state index contributed by atoms with van der Waals surface area (Å²) in [5.41, 5.74) is -0.478. The van der Waals surface area contributed by atoms with Gasteiger partial charge in [0.25, 0.3) is 0 Å². The highest BCUT2D eigenvalue weighted by Gasteiger charge is 2.59. The second kappa shape index (κ2) is 7.27. The van der Waals surface area contributed by atoms with E-state index in [1.807, 2.05) is 30.3 Å². The Bertz CT molecular complexity index is 841. The molecule has 2 heterocycles. The van der Waals surface area contributed by atoms with E-state index >= 15 is 0 Å². The summed E-state index contributed by atoms with van der Waals surface area (Å²) in [6.07, 6.45) is -1.14. The van der Waals surface area contributed by atoms with Gasteiger partial charge < -0.3 is 19.7 Å². The first kappa shape index (κ1) is 20.4. The predicted octanol–water partition coefficient (Wildman–Crippen LogP) is 1.95. The minimum absolute atomic E-state index is 0.0665. The summed E-state index contributed by atoms with van der Waals surface area (Å²) in [5, 5.41) is 2.69. The first-order valence-corrected chi connectivity index (χ1v) is 11.0. The molecule has 1 atom stereocenters. The number of carbonyl (C=O) groups is 2. The molecule has 3 rings (SSSR count). The molecule has 2 saturated heterocycles. The van der Waals surface area contributed by atoms with Crippen LogP contribution in [0, 0.1) is 5.41 Å². The predicted molar refractivity (Wildman–Crippen MR) is 102 cm³/mol. The minimum Gasteiger partial charge on any atom is -0.445 e. The Hall–Kier alpha value is -2.29. The number of benzene rings is 1. The summed E-state index contributed by atoms with van der Waals surface area (Å²) in [7, 11) is -3.31. The van der Waals surface area contributed by atoms with E-state index in [9.17, 15) is 18.0 Å². The van der Waals surface area contributed by atoms with Crippen molar-refractivity contribution in [1.29, 1.82) is 0 Å². The summed E-state index contributed by atoms with van der Waals surface area (Å²) in [5.74, 6) is -0.224. The van der Waals surface area contributed by atoms with Crippen molar-refractivity contribution in [2.24, 2.45) is 5.41 Å². The minimum atomic E-state index is -3.31. The number of alkyl carbamates (subject to hydrolysis) is 1. The van der Waals surface area contributed by atoms with E-state index < -0.39 is 39.1 Å². The average molecular weight is 410 g/mol. The van der Waals surface area contributed by atoms with E-state index in [1.165, 1.54) is 4.90 Å². The number of hydrogen-bond donors (Lipinski definition) is 1. The number of rotatable bonds is 3. The lowest BCUT2D eigenvalue weighted by Crippen LogP contribution is -2.67. The molecule has 2 aliphatic heterocycles. The maximum atomic E-state index is 12.2. The van der Waals surface area contributed by atoms with Gasteiger partial charge in [0.15, 0.2) is 9.84 Å². The molecule has 154 valence electrons. The Morgan fingerprint density at radius 2 is 1.86 bits per heavy atom. The normalized spacial score (nSPS) is 22.4. The topological polar surface area (TPSA) is 102 Å². The van der Waals surface area contributed by atoms with Gasteiger partial charge in [0, 0.05) is 18.5 Å². The van der Waals surface area contributed by atoms with E-state index in [0.717, 1.165) is 5.56 Å². The van der Waals surface area contributed by atoms with Gasteiger partial charge in [-0.25, -0.2) is 18.0 Å². The largest absolute Gasteiger partial charge is 0.445 e. The van der Waals surface area contributed by atoms with E-state index in [1.54, 1.807) is 20.8 Å². The molecule has 9 heteroatoms. The Morgan fingerprint density at radius 3 is 2.46 bits per heavy atom. The van der Waals surface area contributed by atoms with Crippen LogP contribution >= 0.6 is 0 Å². The summed E-state index contributed by atoms with van der Waals surface area (Å²) < 4.78 is 34.9. The van der Waals surface area contributed by atoms with Gasteiger partial charge in [0.1, 0.15) is 12.2 Å². The van der Waals surface area contributed by atoms with Gasteiger partial charge >= 0.3 is 12.2 Å². The SMILES string of the molecule is CC(C)(C)OC(=O)N1CC2(C1)CS(=O)(=O)C[C@@H]2NC(=O)OCc1ccccc1. The van der Waals surface area contributed by atoms with E-state index in [2.05, 4.69) is 5.32 Å². The van der Waals surface area contributed by atoms with Crippen LogP contribution in [0.25, 0.3) is 0 Å². The molecule has 0 bridgehead atoms. The maximum Gasteiger partial charge on any atom is 0.410 e. The standard InChI is InChI=1S/C19H26N2O6S/c1-18(2,3)27-17(23)21-11-19(12-21)13-28(24,25)10-15(19)20-16(22)26-9-14-7-5-4-6-8-14/h4-8,15H,9-13H2,1-3H3,(H,20,22)/t15-/m0/s1. The highest BCUT2D eigenvalue weighted by Crippen LogP contribution is 2.41. The van der Waals surface area contributed by atoms with Gasteiger partial charge in [-0.15, -0.1) is 0 Å². The van der Waals surface area contributed by atoms with Crippen molar-refractivity contribution in [3.8, 4) is 0 Å². The lowest BCUT2D eigenvalue weighted by molar-refractivity contribution is -0.0337. The van der Waals surface area contributed by atoms with Crippen LogP contribution in [0.4, 0.5) is 9.59 Å². The molecular weight excluding hydrogens is 384 g/mol. The summed E-state index contributed by atoms with van der Waals surface area (Å²) in [4.78, 5) is 25.8. The highest BCUT2D eigenvalue weighted by atomic mass is 32.2. The molecule has 1 spiro atoms. The molecule has 1 aromatic rings. The molecule has 28 heavy (non-hydrogen) atoms. The molecule has 0 radical (unpaired) electrons. The van der Waals surface area contributed by atoms with Gasteiger partial charge in [-0.2, -0.15) is 0 Å². The molecule has 0 saturated carbocycles. The van der Waals surface area contributed by atoms with E-state index in [0.29, 0.717) is 0 Å². The third-order valence-corrected chi connectivity index (χ3v) is 6.69. The monoisotopic (exact) mass is 410 g/mol. The molecule has 0 aliphatic carbocycles. The number of likely N-dealkylation sites (tertiary alicyclic amines) is 1. The molecule has 2 fully saturated rings. The number of amides is 2. The number of nitrogens with one attached hydrogen (secondary N) is 1. The van der Waals surface area contributed by atoms with E-state index in [4.69, 9.17) is 9.47 Å². The zero-order valence-electron chi connectivity index (χ0n) is 16.3. The third-order valence-electron chi connectivity index (χ3n) is 4.84. The fourth-order valence-corrected chi connectivity index (χ4v) is 5.93. The number of ether oxygens (including phenoxy) is 2. The van der Waals surface area contributed by atoms with Crippen LogP contribution in [0.2, 0.25) is 0 Å². The Kier molecular flexibility index (Phi) is 5.31. The van der Waals surface area contributed by atoms with Crippen LogP contribution in [-0.2, 0) is 25.9 Å². The van der Waals surface area contributed by atoms with E-state index in [-0.39, 0.29) is 31.2 Å². The molecule has 0 aromatic heterocycles. The fraction of sp³-hybridized carbons (Fsp3) is 0.579. The molecule has 0 unspecified atom stereocenters. The molecular formula is C19H26N2O6S. The van der Waals surface area contributed by atoms with Crippen LogP contribution in [0.1, 0.15) is 26.3 Å². The quantitative estimate of drug-likeness (QED) is 0.817. The fourth-order valence-electron chi connectivity index (χ4n) is 3.61. The van der Waals surface area contributed by atoms with Crippen molar-refractivity contribution in [1.82, 2.24) is 10.2 Å². The van der Waals surface area contributed by atoms with Crippen LogP contribution < -0.4 is 5.32 Å². The van der Waals surface area contributed by atoms with Crippen LogP contribution in [-0.4, -0.2) is 61.7 Å². The Labute approximate surface area is 165 Å². The highest BCUT2D eigenvalue weighted by molar-refractivity contribution is 7.91. The van der Waals surface area contributed by atoms with Crippen molar-refractivity contribution >= 4 is 22.0 Å². The van der Waals surface area contributed by atoms with Crippen molar-refractivity contribution in [2.75, 3.05) is 24.6 Å². The summed E-state index contributed by atoms with van der Waals surface area (Å²) >= 11 is 0. The number of sulfone groups is 1. The summed E-state index contributed by atoms with van der Waals surface area (Å²) in [6, 6.07) is 8.62. The van der Waals surface area contributed by atoms with Gasteiger partial charge in [0.2, 0.25) is 0 Å². The second-order valence-electron chi connectivity index (χ2n) is 8.51. The molecule has 2 aliphatic rings. The molecule has 8 nitrogen and oxygen atoms in total. The summed E-state index contributed by atoms with van der Waals surface area (Å²) in [6.45, 7) is 5.87. The first-order valence-electron chi connectivity index (χ1n) is 9.14. The van der Waals surface area contributed by atoms with Crippen LogP contribution in [0.5, 0.6) is 0 Å². The van der Waals surface area contributed by atoms with Gasteiger partial charge in [0.05, 0.1) is 17.5 Å². The van der Waals surface area contributed by atoms with Gasteiger partial charge in [-0.1, -0.05) is 30.3 Å². The maximum absolute atomic E-state index is 12.2.